The molecule has 4 heteroatoms. The quantitative estimate of drug-likeness (QED) is 0.285. The first-order valence-corrected chi connectivity index (χ1v) is 6.98. The van der Waals surface area contributed by atoms with Crippen molar-refractivity contribution >= 4 is 29.9 Å². The van der Waals surface area contributed by atoms with Gasteiger partial charge in [0.2, 0.25) is 0 Å². The van der Waals surface area contributed by atoms with Crippen molar-refractivity contribution in [2.75, 3.05) is 20.1 Å². The van der Waals surface area contributed by atoms with Gasteiger partial charge in [0, 0.05) is 26.7 Å². The second kappa shape index (κ2) is 9.00. The molecule has 0 aliphatic carbocycles. The third-order valence-corrected chi connectivity index (χ3v) is 3.47. The van der Waals surface area contributed by atoms with Gasteiger partial charge in [-0.1, -0.05) is 36.4 Å². The molecule has 1 aromatic carbocycles. The molecule has 0 saturated heterocycles. The van der Waals surface area contributed by atoms with Gasteiger partial charge in [0.25, 0.3) is 0 Å². The Bertz CT molecular complexity index is 469. The summed E-state index contributed by atoms with van der Waals surface area (Å²) in [6.07, 6.45) is 6.40. The van der Waals surface area contributed by atoms with Gasteiger partial charge in [-0.2, -0.15) is 0 Å². The number of guanidine groups is 1. The van der Waals surface area contributed by atoms with Gasteiger partial charge in [-0.05, 0) is 30.9 Å². The molecule has 2 rings (SSSR count). The van der Waals surface area contributed by atoms with Crippen LogP contribution in [-0.4, -0.2) is 31.0 Å². The maximum absolute atomic E-state index is 4.39. The lowest BCUT2D eigenvalue weighted by Gasteiger charge is -2.31. The van der Waals surface area contributed by atoms with Gasteiger partial charge < -0.3 is 10.2 Å². The van der Waals surface area contributed by atoms with Crippen molar-refractivity contribution in [3.05, 3.63) is 47.5 Å². The Labute approximate surface area is 139 Å². The molecule has 1 heterocycles. The highest BCUT2D eigenvalue weighted by atomic mass is 127. The average Bonchev–Trinajstić information content (AvgIpc) is 2.47. The number of rotatable bonds is 3. The van der Waals surface area contributed by atoms with Crippen LogP contribution in [0.3, 0.4) is 0 Å². The summed E-state index contributed by atoms with van der Waals surface area (Å²) in [7, 11) is 1.86. The molecule has 0 radical (unpaired) electrons. The third-order valence-electron chi connectivity index (χ3n) is 3.47. The molecule has 110 valence electrons. The van der Waals surface area contributed by atoms with E-state index in [-0.39, 0.29) is 24.0 Å². The molecule has 0 fully saturated rings. The highest BCUT2D eigenvalue weighted by molar-refractivity contribution is 14.0. The Kier molecular flexibility index (Phi) is 7.65. The average molecular weight is 385 g/mol. The zero-order valence-corrected chi connectivity index (χ0v) is 14.6. The first kappa shape index (κ1) is 17.0. The fraction of sp³-hybridized carbons (Fsp3) is 0.438. The topological polar surface area (TPSA) is 27.6 Å². The number of hydrogen-bond acceptors (Lipinski definition) is 1. The van der Waals surface area contributed by atoms with Crippen LogP contribution >= 0.6 is 24.0 Å². The van der Waals surface area contributed by atoms with Gasteiger partial charge in [-0.15, -0.1) is 24.0 Å². The monoisotopic (exact) mass is 385 g/mol. The van der Waals surface area contributed by atoms with Crippen LogP contribution in [0.2, 0.25) is 0 Å². The smallest absolute Gasteiger partial charge is 0.193 e. The summed E-state index contributed by atoms with van der Waals surface area (Å²) in [5.74, 6) is 1.01. The van der Waals surface area contributed by atoms with Crippen molar-refractivity contribution < 1.29 is 0 Å². The van der Waals surface area contributed by atoms with Gasteiger partial charge in [0.05, 0.1) is 0 Å². The molecule has 1 N–H and O–H groups in total. The minimum Gasteiger partial charge on any atom is -0.356 e. The normalized spacial score (nSPS) is 14.9. The van der Waals surface area contributed by atoms with Gasteiger partial charge in [-0.25, -0.2) is 0 Å². The summed E-state index contributed by atoms with van der Waals surface area (Å²) < 4.78 is 0. The van der Waals surface area contributed by atoms with E-state index in [0.717, 1.165) is 38.4 Å². The Hall–Kier alpha value is -1.04. The zero-order valence-electron chi connectivity index (χ0n) is 12.3. The standard InChI is InChI=1S/C16H23N3.HI/c1-3-4-7-11-18-16(17-2)19-12-10-14-8-5-6-9-15(14)13-19;/h3-6,8-9H,7,10-13H2,1-2H3,(H,17,18);1H. The molecule has 0 spiro atoms. The number of allylic oxidation sites excluding steroid dienone is 1. The molecule has 0 unspecified atom stereocenters. The Morgan fingerprint density at radius 3 is 2.80 bits per heavy atom. The third kappa shape index (κ3) is 4.51. The van der Waals surface area contributed by atoms with E-state index in [4.69, 9.17) is 0 Å². The van der Waals surface area contributed by atoms with Crippen LogP contribution in [0, 0.1) is 0 Å². The summed E-state index contributed by atoms with van der Waals surface area (Å²) in [6.45, 7) is 4.99. The lowest BCUT2D eigenvalue weighted by atomic mass is 10.0. The summed E-state index contributed by atoms with van der Waals surface area (Å²) in [5.41, 5.74) is 2.90. The van der Waals surface area contributed by atoms with E-state index >= 15 is 0 Å². The highest BCUT2D eigenvalue weighted by Crippen LogP contribution is 2.18. The molecule has 1 aliphatic rings. The van der Waals surface area contributed by atoms with Crippen LogP contribution < -0.4 is 5.32 Å². The molecule has 0 saturated carbocycles. The fourth-order valence-electron chi connectivity index (χ4n) is 2.44. The molecule has 1 aromatic rings. The number of nitrogens with zero attached hydrogens (tertiary/aromatic N) is 2. The minimum absolute atomic E-state index is 0. The Morgan fingerprint density at radius 1 is 1.35 bits per heavy atom. The lowest BCUT2D eigenvalue weighted by molar-refractivity contribution is 0.379. The molecule has 3 nitrogen and oxygen atoms in total. The number of aliphatic imine (C=N–C) groups is 1. The van der Waals surface area contributed by atoms with Crippen molar-refractivity contribution in [3.8, 4) is 0 Å². The second-order valence-corrected chi connectivity index (χ2v) is 4.77. The molecular weight excluding hydrogens is 361 g/mol. The minimum atomic E-state index is 0. The van der Waals surface area contributed by atoms with Gasteiger partial charge in [0.1, 0.15) is 0 Å². The summed E-state index contributed by atoms with van der Waals surface area (Å²) in [5, 5.41) is 3.43. The molecule has 1 aliphatic heterocycles. The van der Waals surface area contributed by atoms with Crippen molar-refractivity contribution in [1.29, 1.82) is 0 Å². The molecule has 0 amide bonds. The van der Waals surface area contributed by atoms with Crippen LogP contribution in [0.25, 0.3) is 0 Å². The van der Waals surface area contributed by atoms with Gasteiger partial charge >= 0.3 is 0 Å². The van der Waals surface area contributed by atoms with E-state index in [2.05, 4.69) is 58.6 Å². The van der Waals surface area contributed by atoms with Crippen molar-refractivity contribution in [2.24, 2.45) is 4.99 Å². The zero-order chi connectivity index (χ0) is 13.5. The largest absolute Gasteiger partial charge is 0.356 e. The number of hydrogen-bond donors (Lipinski definition) is 1. The van der Waals surface area contributed by atoms with E-state index in [1.807, 2.05) is 7.05 Å². The second-order valence-electron chi connectivity index (χ2n) is 4.77. The maximum Gasteiger partial charge on any atom is 0.193 e. The molecule has 0 aromatic heterocycles. The SMILES string of the molecule is CC=CCCNC(=NC)N1CCc2ccccc2C1.I. The Morgan fingerprint density at radius 2 is 2.10 bits per heavy atom. The van der Waals surface area contributed by atoms with E-state index < -0.39 is 0 Å². The van der Waals surface area contributed by atoms with Crippen LogP contribution in [0.5, 0.6) is 0 Å². The first-order valence-electron chi connectivity index (χ1n) is 6.98. The highest BCUT2D eigenvalue weighted by Gasteiger charge is 2.17. The van der Waals surface area contributed by atoms with Gasteiger partial charge in [-0.3, -0.25) is 4.99 Å². The lowest BCUT2D eigenvalue weighted by Crippen LogP contribution is -2.44. The van der Waals surface area contributed by atoms with Crippen LogP contribution in [0.1, 0.15) is 24.5 Å². The van der Waals surface area contributed by atoms with Gasteiger partial charge in [0.15, 0.2) is 5.96 Å². The molecule has 0 atom stereocenters. The van der Waals surface area contributed by atoms with E-state index in [1.54, 1.807) is 0 Å². The molecule has 20 heavy (non-hydrogen) atoms. The van der Waals surface area contributed by atoms with Crippen LogP contribution in [-0.2, 0) is 13.0 Å². The molecule has 0 bridgehead atoms. The summed E-state index contributed by atoms with van der Waals surface area (Å²) in [6, 6.07) is 8.69. The predicted molar refractivity (Wildman–Crippen MR) is 96.8 cm³/mol. The summed E-state index contributed by atoms with van der Waals surface area (Å²) in [4.78, 5) is 6.72. The van der Waals surface area contributed by atoms with Crippen molar-refractivity contribution in [1.82, 2.24) is 10.2 Å². The Balaban J connectivity index is 0.00000200. The number of fused-ring (bicyclic) bond motifs is 1. The number of halogens is 1. The number of nitrogens with one attached hydrogen (secondary N) is 1. The van der Waals surface area contributed by atoms with E-state index in [0.29, 0.717) is 0 Å². The van der Waals surface area contributed by atoms with Crippen LogP contribution in [0.15, 0.2) is 41.4 Å². The van der Waals surface area contributed by atoms with Crippen molar-refractivity contribution in [3.63, 3.8) is 0 Å². The van der Waals surface area contributed by atoms with E-state index in [1.165, 1.54) is 11.1 Å². The summed E-state index contributed by atoms with van der Waals surface area (Å²) >= 11 is 0. The van der Waals surface area contributed by atoms with Crippen molar-refractivity contribution in [2.45, 2.75) is 26.3 Å². The predicted octanol–water partition coefficient (Wildman–Crippen LogP) is 3.20. The number of benzene rings is 1. The van der Waals surface area contributed by atoms with E-state index in [9.17, 15) is 0 Å². The fourth-order valence-corrected chi connectivity index (χ4v) is 2.44. The molecular formula is C16H24IN3. The first-order chi connectivity index (χ1) is 9.35. The maximum atomic E-state index is 4.39. The van der Waals surface area contributed by atoms with Crippen LogP contribution in [0.4, 0.5) is 0 Å².